The smallest absolute Gasteiger partial charge is 0.338 e. The van der Waals surface area contributed by atoms with Gasteiger partial charge in [-0.25, -0.2) is 9.89 Å². The summed E-state index contributed by atoms with van der Waals surface area (Å²) >= 11 is 0. The first kappa shape index (κ1) is 12.3. The van der Waals surface area contributed by atoms with Crippen LogP contribution in [0.3, 0.4) is 0 Å². The standard InChI is InChI=1S/C13H16N4O/c1-7-5-8(2)11(9(3)6-7)14-12-10(4)16-17-13(18)15-12/h5-6H,1-4H3,(H2,14,15,17,18). The van der Waals surface area contributed by atoms with E-state index in [2.05, 4.69) is 39.6 Å². The van der Waals surface area contributed by atoms with E-state index in [0.717, 1.165) is 16.8 Å². The minimum absolute atomic E-state index is 0.453. The molecule has 2 N–H and O–H groups in total. The summed E-state index contributed by atoms with van der Waals surface area (Å²) in [7, 11) is 0. The van der Waals surface area contributed by atoms with Crippen LogP contribution in [0.1, 0.15) is 22.4 Å². The Bertz CT molecular complexity index is 623. The zero-order valence-electron chi connectivity index (χ0n) is 11.0. The lowest BCUT2D eigenvalue weighted by Crippen LogP contribution is -2.16. The van der Waals surface area contributed by atoms with Crippen LogP contribution >= 0.6 is 0 Å². The molecule has 0 radical (unpaired) electrons. The van der Waals surface area contributed by atoms with E-state index in [1.54, 1.807) is 6.92 Å². The van der Waals surface area contributed by atoms with E-state index < -0.39 is 5.69 Å². The van der Waals surface area contributed by atoms with Crippen LogP contribution in [0.2, 0.25) is 0 Å². The highest BCUT2D eigenvalue weighted by molar-refractivity contribution is 5.65. The number of hydrogen-bond acceptors (Lipinski definition) is 4. The van der Waals surface area contributed by atoms with Crippen molar-refractivity contribution in [3.05, 3.63) is 45.0 Å². The van der Waals surface area contributed by atoms with Crippen molar-refractivity contribution >= 4 is 11.5 Å². The van der Waals surface area contributed by atoms with Gasteiger partial charge in [-0.05, 0) is 38.8 Å². The van der Waals surface area contributed by atoms with Gasteiger partial charge in [-0.2, -0.15) is 10.1 Å². The van der Waals surface area contributed by atoms with Crippen LogP contribution in [-0.4, -0.2) is 15.2 Å². The Labute approximate surface area is 105 Å². The summed E-state index contributed by atoms with van der Waals surface area (Å²) in [5, 5.41) is 9.38. The van der Waals surface area contributed by atoms with Crippen LogP contribution in [0.25, 0.3) is 0 Å². The zero-order valence-corrected chi connectivity index (χ0v) is 11.0. The average Bonchev–Trinajstić information content (AvgIpc) is 2.28. The number of rotatable bonds is 2. The summed E-state index contributed by atoms with van der Waals surface area (Å²) in [6.45, 7) is 7.91. The molecule has 1 aromatic heterocycles. The molecule has 18 heavy (non-hydrogen) atoms. The molecule has 0 saturated heterocycles. The number of anilines is 2. The van der Waals surface area contributed by atoms with Crippen molar-refractivity contribution in [2.45, 2.75) is 27.7 Å². The predicted octanol–water partition coefficient (Wildman–Crippen LogP) is 2.14. The third kappa shape index (κ3) is 2.40. The van der Waals surface area contributed by atoms with Gasteiger partial charge in [0.05, 0.1) is 0 Å². The SMILES string of the molecule is Cc1cc(C)c(Nc2nc(=O)[nH]nc2C)c(C)c1. The van der Waals surface area contributed by atoms with Crippen LogP contribution in [0.4, 0.5) is 11.5 Å². The van der Waals surface area contributed by atoms with Crippen molar-refractivity contribution in [2.24, 2.45) is 0 Å². The molecule has 0 fully saturated rings. The molecule has 5 nitrogen and oxygen atoms in total. The van der Waals surface area contributed by atoms with Crippen molar-refractivity contribution in [1.29, 1.82) is 0 Å². The molecule has 0 unspecified atom stereocenters. The van der Waals surface area contributed by atoms with Crippen molar-refractivity contribution in [3.8, 4) is 0 Å². The summed E-state index contributed by atoms with van der Waals surface area (Å²) in [5.74, 6) is 0.494. The van der Waals surface area contributed by atoms with Crippen LogP contribution in [0, 0.1) is 27.7 Å². The van der Waals surface area contributed by atoms with Crippen LogP contribution in [-0.2, 0) is 0 Å². The maximum Gasteiger partial charge on any atom is 0.363 e. The molecule has 0 atom stereocenters. The van der Waals surface area contributed by atoms with Gasteiger partial charge in [-0.3, -0.25) is 0 Å². The van der Waals surface area contributed by atoms with Gasteiger partial charge >= 0.3 is 5.69 Å². The molecule has 94 valence electrons. The lowest BCUT2D eigenvalue weighted by molar-refractivity contribution is 0.884. The fourth-order valence-corrected chi connectivity index (χ4v) is 2.01. The number of nitrogens with zero attached hydrogens (tertiary/aromatic N) is 2. The molecule has 1 aromatic carbocycles. The lowest BCUT2D eigenvalue weighted by atomic mass is 10.1. The summed E-state index contributed by atoms with van der Waals surface area (Å²) in [6, 6.07) is 4.18. The molecule has 0 amide bonds. The van der Waals surface area contributed by atoms with E-state index in [0.29, 0.717) is 11.5 Å². The van der Waals surface area contributed by atoms with Gasteiger partial charge in [0, 0.05) is 5.69 Å². The van der Waals surface area contributed by atoms with E-state index in [9.17, 15) is 4.79 Å². The summed E-state index contributed by atoms with van der Waals surface area (Å²) in [4.78, 5) is 15.1. The maximum absolute atomic E-state index is 11.2. The van der Waals surface area contributed by atoms with Gasteiger partial charge in [0.2, 0.25) is 0 Å². The molecular formula is C13H16N4O. The molecular weight excluding hydrogens is 228 g/mol. The second-order valence-electron chi connectivity index (χ2n) is 4.47. The monoisotopic (exact) mass is 244 g/mol. The fourth-order valence-electron chi connectivity index (χ4n) is 2.01. The van der Waals surface area contributed by atoms with Gasteiger partial charge in [-0.1, -0.05) is 17.7 Å². The van der Waals surface area contributed by atoms with Crippen LogP contribution in [0.15, 0.2) is 16.9 Å². The Morgan fingerprint density at radius 3 is 2.33 bits per heavy atom. The Morgan fingerprint density at radius 1 is 1.11 bits per heavy atom. The third-order valence-electron chi connectivity index (χ3n) is 2.80. The molecule has 5 heteroatoms. The van der Waals surface area contributed by atoms with Crippen molar-refractivity contribution in [3.63, 3.8) is 0 Å². The second kappa shape index (κ2) is 4.60. The first-order valence-electron chi connectivity index (χ1n) is 5.75. The molecule has 0 aliphatic heterocycles. The summed E-state index contributed by atoms with van der Waals surface area (Å²) in [6.07, 6.45) is 0. The zero-order chi connectivity index (χ0) is 13.3. The topological polar surface area (TPSA) is 70.7 Å². The van der Waals surface area contributed by atoms with Crippen molar-refractivity contribution in [2.75, 3.05) is 5.32 Å². The van der Waals surface area contributed by atoms with Gasteiger partial charge in [0.25, 0.3) is 0 Å². The number of nitrogens with one attached hydrogen (secondary N) is 2. The normalized spacial score (nSPS) is 10.4. The van der Waals surface area contributed by atoms with Gasteiger partial charge in [0.1, 0.15) is 5.69 Å². The Hall–Kier alpha value is -2.17. The molecule has 0 bridgehead atoms. The Morgan fingerprint density at radius 2 is 1.72 bits per heavy atom. The molecule has 1 heterocycles. The number of aromatic nitrogens is 3. The van der Waals surface area contributed by atoms with E-state index in [-0.39, 0.29) is 0 Å². The number of hydrogen-bond donors (Lipinski definition) is 2. The Kier molecular flexibility index (Phi) is 3.14. The number of benzene rings is 1. The summed E-state index contributed by atoms with van der Waals surface area (Å²) < 4.78 is 0. The highest BCUT2D eigenvalue weighted by Crippen LogP contribution is 2.25. The first-order valence-corrected chi connectivity index (χ1v) is 5.75. The minimum Gasteiger partial charge on any atom is -0.338 e. The van der Waals surface area contributed by atoms with Gasteiger partial charge in [0.15, 0.2) is 5.82 Å². The maximum atomic E-state index is 11.2. The third-order valence-corrected chi connectivity index (χ3v) is 2.80. The quantitative estimate of drug-likeness (QED) is 0.849. The van der Waals surface area contributed by atoms with Gasteiger partial charge in [-0.15, -0.1) is 0 Å². The molecule has 0 spiro atoms. The largest absolute Gasteiger partial charge is 0.363 e. The van der Waals surface area contributed by atoms with E-state index in [1.807, 2.05) is 13.8 Å². The van der Waals surface area contributed by atoms with Gasteiger partial charge < -0.3 is 5.32 Å². The minimum atomic E-state index is -0.453. The average molecular weight is 244 g/mol. The highest BCUT2D eigenvalue weighted by Gasteiger charge is 2.08. The molecule has 0 aliphatic rings. The predicted molar refractivity (Wildman–Crippen MR) is 71.3 cm³/mol. The lowest BCUT2D eigenvalue weighted by Gasteiger charge is -2.13. The van der Waals surface area contributed by atoms with Crippen LogP contribution < -0.4 is 11.0 Å². The molecule has 2 aromatic rings. The highest BCUT2D eigenvalue weighted by atomic mass is 16.1. The van der Waals surface area contributed by atoms with E-state index >= 15 is 0 Å². The summed E-state index contributed by atoms with van der Waals surface area (Å²) in [5.41, 5.74) is 4.63. The van der Waals surface area contributed by atoms with Crippen molar-refractivity contribution in [1.82, 2.24) is 15.2 Å². The van der Waals surface area contributed by atoms with Crippen molar-refractivity contribution < 1.29 is 0 Å². The molecule has 0 aliphatic carbocycles. The Balaban J connectivity index is 2.46. The molecule has 2 rings (SSSR count). The number of aromatic amines is 1. The number of H-pyrrole nitrogens is 1. The van der Waals surface area contributed by atoms with Crippen LogP contribution in [0.5, 0.6) is 0 Å². The molecule has 0 saturated carbocycles. The number of aryl methyl sites for hydroxylation is 4. The first-order chi connectivity index (χ1) is 8.47. The van der Waals surface area contributed by atoms with E-state index in [1.165, 1.54) is 5.56 Å². The second-order valence-corrected chi connectivity index (χ2v) is 4.47. The van der Waals surface area contributed by atoms with E-state index in [4.69, 9.17) is 0 Å². The fraction of sp³-hybridized carbons (Fsp3) is 0.308.